The number of hydrogen-bond acceptors (Lipinski definition) is 3. The Morgan fingerprint density at radius 3 is 2.22 bits per heavy atom. The van der Waals surface area contributed by atoms with Gasteiger partial charge in [-0.3, -0.25) is 0 Å². The quantitative estimate of drug-likeness (QED) is 0.699. The summed E-state index contributed by atoms with van der Waals surface area (Å²) in [6.45, 7) is 2.03. The predicted octanol–water partition coefficient (Wildman–Crippen LogP) is 4.43. The van der Waals surface area contributed by atoms with Crippen LogP contribution in [0.15, 0.2) is 59.5 Å². The molecule has 124 valence electrons. The Kier molecular flexibility index (Phi) is 7.02. The standard InChI is InChI=1S/C18H21F2NOS/c1-13(21-17(11-22)15-5-3-2-4-6-15)14-7-9-16(10-8-14)23-12-18(19)20/h2-10,13,17-18,21-22H,11-12H2,1H3. The second-order valence-corrected chi connectivity index (χ2v) is 6.40. The fourth-order valence-electron chi connectivity index (χ4n) is 2.35. The van der Waals surface area contributed by atoms with E-state index in [1.54, 1.807) is 0 Å². The molecule has 0 heterocycles. The molecular weight excluding hydrogens is 316 g/mol. The fourth-order valence-corrected chi connectivity index (χ4v) is 3.00. The number of aliphatic hydroxyl groups is 1. The van der Waals surface area contributed by atoms with E-state index < -0.39 is 6.43 Å². The van der Waals surface area contributed by atoms with Crippen LogP contribution in [-0.4, -0.2) is 23.9 Å². The molecule has 0 saturated carbocycles. The Morgan fingerprint density at radius 1 is 1.00 bits per heavy atom. The van der Waals surface area contributed by atoms with Crippen molar-refractivity contribution >= 4 is 11.8 Å². The first kappa shape index (κ1) is 17.9. The Labute approximate surface area is 139 Å². The van der Waals surface area contributed by atoms with Crippen molar-refractivity contribution in [2.75, 3.05) is 12.4 Å². The summed E-state index contributed by atoms with van der Waals surface area (Å²) in [6.07, 6.45) is -2.29. The number of rotatable bonds is 8. The molecule has 0 aliphatic carbocycles. The summed E-state index contributed by atoms with van der Waals surface area (Å²) in [6, 6.07) is 17.3. The molecule has 2 aromatic rings. The lowest BCUT2D eigenvalue weighted by Gasteiger charge is -2.22. The molecule has 2 N–H and O–H groups in total. The summed E-state index contributed by atoms with van der Waals surface area (Å²) in [5.74, 6) is -0.187. The van der Waals surface area contributed by atoms with Gasteiger partial charge in [0.15, 0.2) is 0 Å². The van der Waals surface area contributed by atoms with Crippen molar-refractivity contribution in [1.82, 2.24) is 5.32 Å². The molecule has 0 radical (unpaired) electrons. The van der Waals surface area contributed by atoms with E-state index in [-0.39, 0.29) is 24.4 Å². The van der Waals surface area contributed by atoms with Crippen molar-refractivity contribution < 1.29 is 13.9 Å². The Morgan fingerprint density at radius 2 is 1.65 bits per heavy atom. The molecule has 0 aliphatic rings. The predicted molar refractivity (Wildman–Crippen MR) is 91.0 cm³/mol. The van der Waals surface area contributed by atoms with Crippen LogP contribution in [-0.2, 0) is 0 Å². The highest BCUT2D eigenvalue weighted by Gasteiger charge is 2.14. The van der Waals surface area contributed by atoms with Crippen LogP contribution in [0.2, 0.25) is 0 Å². The van der Waals surface area contributed by atoms with Gasteiger partial charge in [0, 0.05) is 10.9 Å². The number of halogens is 2. The molecule has 2 atom stereocenters. The average molecular weight is 337 g/mol. The summed E-state index contributed by atoms with van der Waals surface area (Å²) < 4.78 is 24.4. The first-order chi connectivity index (χ1) is 11.1. The van der Waals surface area contributed by atoms with Crippen molar-refractivity contribution in [3.8, 4) is 0 Å². The first-order valence-corrected chi connectivity index (χ1v) is 8.51. The van der Waals surface area contributed by atoms with Crippen LogP contribution in [0.1, 0.15) is 30.1 Å². The van der Waals surface area contributed by atoms with Gasteiger partial charge < -0.3 is 10.4 Å². The van der Waals surface area contributed by atoms with Crippen LogP contribution in [0.5, 0.6) is 0 Å². The maximum absolute atomic E-state index is 12.2. The Balaban J connectivity index is 1.98. The molecule has 0 spiro atoms. The minimum Gasteiger partial charge on any atom is -0.394 e. The van der Waals surface area contributed by atoms with Crippen LogP contribution in [0.25, 0.3) is 0 Å². The van der Waals surface area contributed by atoms with Crippen molar-refractivity contribution in [2.45, 2.75) is 30.3 Å². The van der Waals surface area contributed by atoms with Gasteiger partial charge in [-0.2, -0.15) is 0 Å². The van der Waals surface area contributed by atoms with Gasteiger partial charge in [0.25, 0.3) is 0 Å². The van der Waals surface area contributed by atoms with Gasteiger partial charge in [0.2, 0.25) is 6.43 Å². The van der Waals surface area contributed by atoms with Gasteiger partial charge in [-0.15, -0.1) is 11.8 Å². The van der Waals surface area contributed by atoms with Crippen LogP contribution in [0, 0.1) is 0 Å². The molecule has 23 heavy (non-hydrogen) atoms. The summed E-state index contributed by atoms with van der Waals surface area (Å²) in [4.78, 5) is 0.836. The molecule has 0 amide bonds. The van der Waals surface area contributed by atoms with E-state index in [2.05, 4.69) is 5.32 Å². The summed E-state index contributed by atoms with van der Waals surface area (Å²) in [7, 11) is 0. The smallest absolute Gasteiger partial charge is 0.247 e. The highest BCUT2D eigenvalue weighted by atomic mass is 32.2. The van der Waals surface area contributed by atoms with Crippen molar-refractivity contribution in [2.24, 2.45) is 0 Å². The molecule has 0 bridgehead atoms. The van der Waals surface area contributed by atoms with E-state index in [4.69, 9.17) is 0 Å². The van der Waals surface area contributed by atoms with E-state index in [9.17, 15) is 13.9 Å². The van der Waals surface area contributed by atoms with E-state index >= 15 is 0 Å². The second-order valence-electron chi connectivity index (χ2n) is 5.31. The van der Waals surface area contributed by atoms with Gasteiger partial charge in [-0.25, -0.2) is 8.78 Å². The third-order valence-electron chi connectivity index (χ3n) is 3.59. The van der Waals surface area contributed by atoms with E-state index in [0.717, 1.165) is 27.8 Å². The zero-order valence-electron chi connectivity index (χ0n) is 13.0. The number of aliphatic hydroxyl groups excluding tert-OH is 1. The molecule has 2 rings (SSSR count). The zero-order chi connectivity index (χ0) is 16.7. The maximum atomic E-state index is 12.2. The Hall–Kier alpha value is -1.43. The highest BCUT2D eigenvalue weighted by Crippen LogP contribution is 2.24. The molecule has 5 heteroatoms. The minimum absolute atomic E-state index is 0.0106. The number of thioether (sulfide) groups is 1. The lowest BCUT2D eigenvalue weighted by Crippen LogP contribution is -2.27. The summed E-state index contributed by atoms with van der Waals surface area (Å²) >= 11 is 1.15. The first-order valence-electron chi connectivity index (χ1n) is 7.53. The summed E-state index contributed by atoms with van der Waals surface area (Å²) in [5, 5.41) is 13.0. The van der Waals surface area contributed by atoms with Crippen LogP contribution in [0.3, 0.4) is 0 Å². The van der Waals surface area contributed by atoms with Gasteiger partial charge >= 0.3 is 0 Å². The highest BCUT2D eigenvalue weighted by molar-refractivity contribution is 7.99. The number of alkyl halides is 2. The summed E-state index contributed by atoms with van der Waals surface area (Å²) in [5.41, 5.74) is 2.09. The van der Waals surface area contributed by atoms with Gasteiger partial charge in [-0.05, 0) is 30.2 Å². The monoisotopic (exact) mass is 337 g/mol. The minimum atomic E-state index is -2.29. The number of nitrogens with one attached hydrogen (secondary N) is 1. The normalized spacial score (nSPS) is 14.0. The number of benzene rings is 2. The van der Waals surface area contributed by atoms with E-state index in [1.165, 1.54) is 0 Å². The molecule has 0 aliphatic heterocycles. The molecule has 2 aromatic carbocycles. The fraction of sp³-hybridized carbons (Fsp3) is 0.333. The third-order valence-corrected chi connectivity index (χ3v) is 4.62. The zero-order valence-corrected chi connectivity index (χ0v) is 13.8. The molecule has 0 aromatic heterocycles. The molecule has 0 fully saturated rings. The lowest BCUT2D eigenvalue weighted by atomic mass is 10.0. The number of hydrogen-bond donors (Lipinski definition) is 2. The molecule has 2 unspecified atom stereocenters. The van der Waals surface area contributed by atoms with Gasteiger partial charge in [-0.1, -0.05) is 42.5 Å². The topological polar surface area (TPSA) is 32.3 Å². The molecule has 0 saturated heterocycles. The van der Waals surface area contributed by atoms with Gasteiger partial charge in [0.05, 0.1) is 18.4 Å². The Bertz CT molecular complexity index is 577. The van der Waals surface area contributed by atoms with E-state index in [0.29, 0.717) is 0 Å². The van der Waals surface area contributed by atoms with Crippen molar-refractivity contribution in [3.05, 3.63) is 65.7 Å². The third kappa shape index (κ3) is 5.61. The van der Waals surface area contributed by atoms with Crippen LogP contribution >= 0.6 is 11.8 Å². The SMILES string of the molecule is CC(NC(CO)c1ccccc1)c1ccc(SCC(F)F)cc1. The van der Waals surface area contributed by atoms with Crippen LogP contribution < -0.4 is 5.32 Å². The van der Waals surface area contributed by atoms with Crippen LogP contribution in [0.4, 0.5) is 8.78 Å². The maximum Gasteiger partial charge on any atom is 0.247 e. The average Bonchev–Trinajstić information content (AvgIpc) is 2.58. The second kappa shape index (κ2) is 9.01. The van der Waals surface area contributed by atoms with Crippen molar-refractivity contribution in [3.63, 3.8) is 0 Å². The van der Waals surface area contributed by atoms with E-state index in [1.807, 2.05) is 61.5 Å². The molecular formula is C18H21F2NOS. The lowest BCUT2D eigenvalue weighted by molar-refractivity contribution is 0.177. The van der Waals surface area contributed by atoms with Crippen molar-refractivity contribution in [1.29, 1.82) is 0 Å². The van der Waals surface area contributed by atoms with Gasteiger partial charge in [0.1, 0.15) is 0 Å². The largest absolute Gasteiger partial charge is 0.394 e. The molecule has 2 nitrogen and oxygen atoms in total.